The fourth-order valence-corrected chi connectivity index (χ4v) is 1.99. The van der Waals surface area contributed by atoms with Gasteiger partial charge in [0, 0.05) is 17.8 Å². The highest BCUT2D eigenvalue weighted by atomic mass is 16.6. The van der Waals surface area contributed by atoms with E-state index in [1.807, 2.05) is 32.0 Å². The van der Waals surface area contributed by atoms with Crippen molar-refractivity contribution in [3.63, 3.8) is 0 Å². The molecule has 2 rings (SSSR count). The Labute approximate surface area is 110 Å². The maximum atomic E-state index is 10.9. The van der Waals surface area contributed by atoms with E-state index in [9.17, 15) is 15.2 Å². The Balaban J connectivity index is 2.42. The van der Waals surface area contributed by atoms with Gasteiger partial charge in [0.2, 0.25) is 0 Å². The van der Waals surface area contributed by atoms with Crippen molar-refractivity contribution in [2.75, 3.05) is 5.32 Å². The number of nitro benzene ring substituents is 1. The number of phenolic OH excluding ortho intramolecular Hbond substituents is 1. The van der Waals surface area contributed by atoms with E-state index in [1.165, 1.54) is 18.2 Å². The van der Waals surface area contributed by atoms with Gasteiger partial charge < -0.3 is 10.4 Å². The zero-order valence-electron chi connectivity index (χ0n) is 10.7. The van der Waals surface area contributed by atoms with E-state index in [0.717, 1.165) is 16.8 Å². The molecule has 0 aliphatic rings. The minimum atomic E-state index is -0.482. The summed E-state index contributed by atoms with van der Waals surface area (Å²) in [5.41, 5.74) is 3.08. The number of nitrogens with one attached hydrogen (secondary N) is 1. The Kier molecular flexibility index (Phi) is 3.37. The third-order valence-electron chi connectivity index (χ3n) is 2.68. The van der Waals surface area contributed by atoms with Gasteiger partial charge in [0.05, 0.1) is 4.92 Å². The maximum absolute atomic E-state index is 10.9. The van der Waals surface area contributed by atoms with Crippen LogP contribution in [0.4, 0.5) is 17.1 Å². The van der Waals surface area contributed by atoms with Crippen LogP contribution < -0.4 is 5.32 Å². The smallest absolute Gasteiger partial charge is 0.292 e. The fourth-order valence-electron chi connectivity index (χ4n) is 1.99. The zero-order chi connectivity index (χ0) is 14.0. The molecule has 0 atom stereocenters. The summed E-state index contributed by atoms with van der Waals surface area (Å²) in [7, 11) is 0. The molecular weight excluding hydrogens is 244 g/mol. The van der Waals surface area contributed by atoms with Crippen LogP contribution in [0.3, 0.4) is 0 Å². The number of phenols is 1. The zero-order valence-corrected chi connectivity index (χ0v) is 10.7. The van der Waals surface area contributed by atoms with E-state index in [-0.39, 0.29) is 17.1 Å². The van der Waals surface area contributed by atoms with Crippen molar-refractivity contribution < 1.29 is 10.0 Å². The molecular formula is C14H14N2O3. The van der Waals surface area contributed by atoms with Crippen molar-refractivity contribution in [3.05, 3.63) is 57.6 Å². The number of anilines is 2. The Morgan fingerprint density at radius 2 is 1.74 bits per heavy atom. The Morgan fingerprint density at radius 3 is 2.32 bits per heavy atom. The summed E-state index contributed by atoms with van der Waals surface area (Å²) in [6.07, 6.45) is 0. The molecule has 98 valence electrons. The number of aromatic hydroxyl groups is 1. The second-order valence-corrected chi connectivity index (χ2v) is 4.46. The molecule has 0 saturated carbocycles. The predicted molar refractivity (Wildman–Crippen MR) is 74.0 cm³/mol. The molecule has 0 saturated heterocycles. The van der Waals surface area contributed by atoms with E-state index < -0.39 is 4.92 Å². The lowest BCUT2D eigenvalue weighted by atomic mass is 10.1. The van der Waals surface area contributed by atoms with Gasteiger partial charge in [0.25, 0.3) is 5.69 Å². The summed E-state index contributed by atoms with van der Waals surface area (Å²) < 4.78 is 0. The van der Waals surface area contributed by atoms with Gasteiger partial charge in [-0.1, -0.05) is 6.07 Å². The first-order chi connectivity index (χ1) is 8.95. The topological polar surface area (TPSA) is 75.4 Å². The van der Waals surface area contributed by atoms with Crippen LogP contribution in [0.1, 0.15) is 11.1 Å². The van der Waals surface area contributed by atoms with E-state index in [1.54, 1.807) is 0 Å². The van der Waals surface area contributed by atoms with Gasteiger partial charge in [-0.3, -0.25) is 10.1 Å². The summed E-state index contributed by atoms with van der Waals surface area (Å²) in [5, 5.41) is 23.4. The van der Waals surface area contributed by atoms with E-state index in [0.29, 0.717) is 0 Å². The molecule has 0 unspecified atom stereocenters. The van der Waals surface area contributed by atoms with Crippen molar-refractivity contribution in [1.82, 2.24) is 0 Å². The van der Waals surface area contributed by atoms with Crippen molar-refractivity contribution >= 4 is 17.1 Å². The molecule has 2 aromatic rings. The Morgan fingerprint density at radius 1 is 1.11 bits per heavy atom. The number of nitrogens with zero attached hydrogens (tertiary/aromatic N) is 1. The van der Waals surface area contributed by atoms with Crippen LogP contribution in [0, 0.1) is 24.0 Å². The second kappa shape index (κ2) is 4.97. The molecule has 0 spiro atoms. The number of hydrogen-bond acceptors (Lipinski definition) is 4. The highest BCUT2D eigenvalue weighted by Crippen LogP contribution is 2.31. The average molecular weight is 258 g/mol. The van der Waals surface area contributed by atoms with Gasteiger partial charge >= 0.3 is 0 Å². The van der Waals surface area contributed by atoms with Crippen LogP contribution in [0.25, 0.3) is 0 Å². The molecule has 0 fully saturated rings. The standard InChI is InChI=1S/C14H14N2O3/c1-9-5-10(2)7-11(6-9)15-13-8-12(17)3-4-14(13)16(18)19/h3-8,15,17H,1-2H3. The lowest BCUT2D eigenvalue weighted by Crippen LogP contribution is -1.97. The van der Waals surface area contributed by atoms with E-state index >= 15 is 0 Å². The number of aryl methyl sites for hydroxylation is 2. The van der Waals surface area contributed by atoms with Gasteiger partial charge in [0.1, 0.15) is 11.4 Å². The summed E-state index contributed by atoms with van der Waals surface area (Å²) in [6, 6.07) is 9.71. The third-order valence-corrected chi connectivity index (χ3v) is 2.68. The quantitative estimate of drug-likeness (QED) is 0.650. The normalized spacial score (nSPS) is 10.2. The molecule has 19 heavy (non-hydrogen) atoms. The first kappa shape index (κ1) is 12.9. The molecule has 5 nitrogen and oxygen atoms in total. The highest BCUT2D eigenvalue weighted by molar-refractivity contribution is 5.71. The van der Waals surface area contributed by atoms with Crippen LogP contribution >= 0.6 is 0 Å². The third kappa shape index (κ3) is 3.01. The highest BCUT2D eigenvalue weighted by Gasteiger charge is 2.14. The molecule has 2 aromatic carbocycles. The minimum absolute atomic E-state index is 0.0162. The molecule has 2 N–H and O–H groups in total. The Bertz CT molecular complexity index is 618. The van der Waals surface area contributed by atoms with E-state index in [2.05, 4.69) is 5.32 Å². The predicted octanol–water partition coefficient (Wildman–Crippen LogP) is 3.66. The van der Waals surface area contributed by atoms with Gasteiger partial charge in [-0.15, -0.1) is 0 Å². The fraction of sp³-hybridized carbons (Fsp3) is 0.143. The van der Waals surface area contributed by atoms with Crippen molar-refractivity contribution in [2.45, 2.75) is 13.8 Å². The summed E-state index contributed by atoms with van der Waals surface area (Å²) in [6.45, 7) is 3.91. The maximum Gasteiger partial charge on any atom is 0.292 e. The number of nitro groups is 1. The Hall–Kier alpha value is -2.56. The van der Waals surface area contributed by atoms with Crippen molar-refractivity contribution in [1.29, 1.82) is 0 Å². The molecule has 0 amide bonds. The van der Waals surface area contributed by atoms with Gasteiger partial charge in [0.15, 0.2) is 0 Å². The number of rotatable bonds is 3. The summed E-state index contributed by atoms with van der Waals surface area (Å²) >= 11 is 0. The molecule has 0 radical (unpaired) electrons. The number of hydrogen-bond donors (Lipinski definition) is 2. The molecule has 0 heterocycles. The number of benzene rings is 2. The largest absolute Gasteiger partial charge is 0.508 e. The van der Waals surface area contributed by atoms with Crippen LogP contribution in [-0.4, -0.2) is 10.0 Å². The molecule has 0 bridgehead atoms. The second-order valence-electron chi connectivity index (χ2n) is 4.46. The summed E-state index contributed by atoms with van der Waals surface area (Å²) in [4.78, 5) is 10.5. The molecule has 5 heteroatoms. The van der Waals surface area contributed by atoms with Crippen molar-refractivity contribution in [3.8, 4) is 5.75 Å². The summed E-state index contributed by atoms with van der Waals surface area (Å²) in [5.74, 6) is -0.0162. The lowest BCUT2D eigenvalue weighted by molar-refractivity contribution is -0.383. The first-order valence-corrected chi connectivity index (χ1v) is 5.78. The van der Waals surface area contributed by atoms with Crippen LogP contribution in [0.2, 0.25) is 0 Å². The lowest BCUT2D eigenvalue weighted by Gasteiger charge is -2.09. The molecule has 0 aromatic heterocycles. The average Bonchev–Trinajstić information content (AvgIpc) is 2.26. The van der Waals surface area contributed by atoms with E-state index in [4.69, 9.17) is 0 Å². The van der Waals surface area contributed by atoms with Crippen molar-refractivity contribution in [2.24, 2.45) is 0 Å². The molecule has 0 aliphatic heterocycles. The monoisotopic (exact) mass is 258 g/mol. The van der Waals surface area contributed by atoms with Gasteiger partial charge in [-0.05, 0) is 43.2 Å². The van der Waals surface area contributed by atoms with Crippen LogP contribution in [0.15, 0.2) is 36.4 Å². The minimum Gasteiger partial charge on any atom is -0.508 e. The van der Waals surface area contributed by atoms with Crippen LogP contribution in [0.5, 0.6) is 5.75 Å². The van der Waals surface area contributed by atoms with Gasteiger partial charge in [-0.25, -0.2) is 0 Å². The first-order valence-electron chi connectivity index (χ1n) is 5.78. The van der Waals surface area contributed by atoms with Crippen LogP contribution in [-0.2, 0) is 0 Å². The SMILES string of the molecule is Cc1cc(C)cc(Nc2cc(O)ccc2[N+](=O)[O-])c1. The molecule has 0 aliphatic carbocycles. The van der Waals surface area contributed by atoms with Gasteiger partial charge in [-0.2, -0.15) is 0 Å².